The number of imidazole rings is 1. The first kappa shape index (κ1) is 35.7. The largest absolute Gasteiger partial charge is 0.510 e. The van der Waals surface area contributed by atoms with Gasteiger partial charge in [-0.1, -0.05) is 129 Å². The van der Waals surface area contributed by atoms with E-state index in [0.717, 1.165) is 39.8 Å². The van der Waals surface area contributed by atoms with Crippen molar-refractivity contribution in [2.45, 2.75) is 39.3 Å². The molecule has 5 heterocycles. The van der Waals surface area contributed by atoms with Gasteiger partial charge in [0.15, 0.2) is 0 Å². The molecule has 280 valence electrons. The molecule has 9 heteroatoms. The molecule has 0 saturated carbocycles. The van der Waals surface area contributed by atoms with Gasteiger partial charge >= 0.3 is 6.98 Å². The van der Waals surface area contributed by atoms with Crippen LogP contribution in [-0.4, -0.2) is 24.6 Å². The number of benzene rings is 6. The van der Waals surface area contributed by atoms with Crippen molar-refractivity contribution in [3.05, 3.63) is 164 Å². The first-order valence-corrected chi connectivity index (χ1v) is 22.3. The smallest absolute Gasteiger partial charge is 0.409 e. The van der Waals surface area contributed by atoms with Crippen LogP contribution < -0.4 is 34.8 Å². The minimum Gasteiger partial charge on any atom is -0.510 e. The van der Waals surface area contributed by atoms with E-state index in [0.29, 0.717) is 11.5 Å². The van der Waals surface area contributed by atoms with E-state index in [9.17, 15) is 0 Å². The van der Waals surface area contributed by atoms with Crippen LogP contribution in [0.4, 0.5) is 22.9 Å². The quantitative estimate of drug-likeness (QED) is 0.101. The van der Waals surface area contributed by atoms with Gasteiger partial charge in [0.25, 0.3) is 6.33 Å². The van der Waals surface area contributed by atoms with Crippen LogP contribution in [0.5, 0.6) is 11.5 Å². The van der Waals surface area contributed by atoms with Crippen LogP contribution in [-0.2, 0) is 26.5 Å². The third-order valence-electron chi connectivity index (χ3n) is 11.8. The molecule has 57 heavy (non-hydrogen) atoms. The molecule has 3 aliphatic rings. The minimum absolute atomic E-state index is 0. The molecular weight excluding hydrogens is 897 g/mol. The summed E-state index contributed by atoms with van der Waals surface area (Å²) in [6.07, 6.45) is 5.63. The fourth-order valence-corrected chi connectivity index (χ4v) is 11.9. The third-order valence-corrected chi connectivity index (χ3v) is 15.3. The Balaban J connectivity index is 0.00000396. The van der Waals surface area contributed by atoms with Gasteiger partial charge in [0.2, 0.25) is 0 Å². The van der Waals surface area contributed by atoms with E-state index in [-0.39, 0.29) is 33.5 Å². The minimum atomic E-state index is -2.09. The Labute approximate surface area is 349 Å². The molecule has 6 aromatic carbocycles. The fraction of sp³-hybridized carbons (Fsp3) is 0.125. The molecular formula is C48H38BN5OPtSi-2. The average molecular weight is 935 g/mol. The van der Waals surface area contributed by atoms with Gasteiger partial charge in [-0.15, -0.1) is 35.5 Å². The normalized spacial score (nSPS) is 14.3. The summed E-state index contributed by atoms with van der Waals surface area (Å²) in [6.45, 7) is 11.4. The predicted octanol–water partition coefficient (Wildman–Crippen LogP) is 8.59. The summed E-state index contributed by atoms with van der Waals surface area (Å²) in [5, 5.41) is 2.70. The van der Waals surface area contributed by atoms with Crippen molar-refractivity contribution in [2.75, 3.05) is 9.62 Å². The number of anilines is 4. The van der Waals surface area contributed by atoms with Gasteiger partial charge in [-0.05, 0) is 58.0 Å². The van der Waals surface area contributed by atoms with Gasteiger partial charge in [-0.2, -0.15) is 6.07 Å². The zero-order valence-electron chi connectivity index (χ0n) is 32.3. The third kappa shape index (κ3) is 5.34. The molecule has 0 unspecified atom stereocenters. The van der Waals surface area contributed by atoms with E-state index in [4.69, 9.17) is 9.72 Å². The van der Waals surface area contributed by atoms with E-state index in [1.165, 1.54) is 38.0 Å². The number of aromatic nitrogens is 3. The second kappa shape index (κ2) is 12.9. The summed E-state index contributed by atoms with van der Waals surface area (Å²) in [5.74, 6) is 2.13. The number of ether oxygens (including phenoxy) is 1. The van der Waals surface area contributed by atoms with Crippen LogP contribution in [0.2, 0.25) is 13.1 Å². The molecule has 0 amide bonds. The number of pyridine rings is 1. The summed E-state index contributed by atoms with van der Waals surface area (Å²) in [6, 6.07) is 54.9. The van der Waals surface area contributed by atoms with Crippen LogP contribution in [0.3, 0.4) is 0 Å². The molecule has 0 N–H and O–H groups in total. The summed E-state index contributed by atoms with van der Waals surface area (Å²) in [7, 11) is -2.09. The number of para-hydroxylation sites is 3. The molecule has 0 spiro atoms. The Kier molecular flexibility index (Phi) is 8.09. The number of hydrogen-bond donors (Lipinski definition) is 0. The first-order chi connectivity index (χ1) is 27.2. The second-order valence-electron chi connectivity index (χ2n) is 16.5. The van der Waals surface area contributed by atoms with Crippen LogP contribution in [0, 0.1) is 18.5 Å². The zero-order valence-corrected chi connectivity index (χ0v) is 35.6. The van der Waals surface area contributed by atoms with E-state index in [2.05, 4.69) is 192 Å². The molecule has 0 bridgehead atoms. The van der Waals surface area contributed by atoms with Crippen LogP contribution in [0.15, 0.2) is 140 Å². The maximum Gasteiger partial charge on any atom is 0.409 e. The maximum atomic E-state index is 6.77. The molecule has 0 radical (unpaired) electrons. The van der Waals surface area contributed by atoms with Crippen LogP contribution in [0.25, 0.3) is 33.5 Å². The molecule has 0 saturated heterocycles. The molecule has 8 aromatic rings. The Hall–Kier alpha value is -5.69. The van der Waals surface area contributed by atoms with Crippen molar-refractivity contribution in [1.29, 1.82) is 0 Å². The molecule has 11 rings (SSSR count). The van der Waals surface area contributed by atoms with Crippen molar-refractivity contribution in [2.24, 2.45) is 0 Å². The summed E-state index contributed by atoms with van der Waals surface area (Å²) >= 11 is 0. The average Bonchev–Trinajstić information content (AvgIpc) is 3.78. The molecule has 0 fully saturated rings. The van der Waals surface area contributed by atoms with Gasteiger partial charge < -0.3 is 18.9 Å². The van der Waals surface area contributed by atoms with Crippen molar-refractivity contribution >= 4 is 64.8 Å². The number of nitrogens with zero attached hydrogens (tertiary/aromatic N) is 5. The second-order valence-corrected chi connectivity index (χ2v) is 20.8. The van der Waals surface area contributed by atoms with Crippen LogP contribution in [0.1, 0.15) is 26.3 Å². The van der Waals surface area contributed by atoms with Crippen molar-refractivity contribution in [3.63, 3.8) is 0 Å². The number of rotatable bonds is 4. The Morgan fingerprint density at radius 1 is 0.684 bits per heavy atom. The molecule has 3 aliphatic heterocycles. The first-order valence-electron chi connectivity index (χ1n) is 19.3. The standard InChI is InChI=1S/C48H38BN5OSi.Pt/c1-48(2,3)32-26-27-50-46(28-32)54-42-29-34(22-24-40(42)53-39-19-12-10-17-37(39)36-16-9-11-18-38(36)49(53)54)55-35-23-25-44-43(30-35)52-31-51(33-14-7-6-8-15-33)41-20-13-21-45(47(41)52)56(44,4)5;/h6-28H,1-5H3;/q-2;. The van der Waals surface area contributed by atoms with E-state index < -0.39 is 8.07 Å². The van der Waals surface area contributed by atoms with E-state index in [1.54, 1.807) is 0 Å². The van der Waals surface area contributed by atoms with Gasteiger partial charge in [0.1, 0.15) is 5.82 Å². The topological polar surface area (TPSA) is 37.4 Å². The monoisotopic (exact) mass is 934 g/mol. The van der Waals surface area contributed by atoms with Crippen molar-refractivity contribution in [1.82, 2.24) is 9.55 Å². The van der Waals surface area contributed by atoms with E-state index in [1.807, 2.05) is 18.3 Å². The molecule has 0 atom stereocenters. The van der Waals surface area contributed by atoms with E-state index >= 15 is 0 Å². The Morgan fingerprint density at radius 2 is 1.40 bits per heavy atom. The number of hydrogen-bond acceptors (Lipinski definition) is 4. The molecule has 2 aromatic heterocycles. The van der Waals surface area contributed by atoms with Crippen molar-refractivity contribution in [3.8, 4) is 34.0 Å². The summed E-state index contributed by atoms with van der Waals surface area (Å²) in [5.41, 5.74) is 12.4. The fourth-order valence-electron chi connectivity index (χ4n) is 9.00. The molecule has 0 aliphatic carbocycles. The van der Waals surface area contributed by atoms with Gasteiger partial charge in [0, 0.05) is 58.1 Å². The van der Waals surface area contributed by atoms with Gasteiger partial charge in [0.05, 0.1) is 16.7 Å². The Bertz CT molecular complexity index is 2900. The summed E-state index contributed by atoms with van der Waals surface area (Å²) < 4.78 is 11.1. The maximum absolute atomic E-state index is 6.77. The summed E-state index contributed by atoms with van der Waals surface area (Å²) in [4.78, 5) is 9.79. The van der Waals surface area contributed by atoms with Crippen molar-refractivity contribution < 1.29 is 30.4 Å². The molecule has 6 nitrogen and oxygen atoms in total. The number of fused-ring (bicyclic) bond motifs is 10. The van der Waals surface area contributed by atoms with Gasteiger partial charge in [-0.25, -0.2) is 4.98 Å². The Morgan fingerprint density at radius 3 is 2.21 bits per heavy atom. The zero-order chi connectivity index (χ0) is 37.9. The predicted molar refractivity (Wildman–Crippen MR) is 229 cm³/mol. The van der Waals surface area contributed by atoms with Crippen LogP contribution >= 0.6 is 0 Å². The van der Waals surface area contributed by atoms with Gasteiger partial charge in [-0.3, -0.25) is 4.57 Å². The SMILES string of the molecule is CC(C)(C)c1ccnc(N2B3c4ccccc4-c4ccccc4N3c3ccc(Oc4[c-]c5c(cc4)[Si](C)(C)c4cccc6c4n-5[c-][n+]6-c4ccccc4)[c-]c32)c1.[Pt].